The van der Waals surface area contributed by atoms with Gasteiger partial charge in [0.2, 0.25) is 5.28 Å². The minimum Gasteiger partial charge on any atom is -0.366 e. The van der Waals surface area contributed by atoms with Gasteiger partial charge >= 0.3 is 0 Å². The number of nitrogens with zero attached hydrogens (tertiary/aromatic N) is 3. The van der Waals surface area contributed by atoms with Crippen LogP contribution in [0.4, 0.5) is 5.82 Å². The number of aryl methyl sites for hydroxylation is 1. The maximum Gasteiger partial charge on any atom is 0.224 e. The molecule has 0 aromatic carbocycles. The molecule has 0 amide bonds. The van der Waals surface area contributed by atoms with Crippen LogP contribution in [0.2, 0.25) is 5.28 Å². The summed E-state index contributed by atoms with van der Waals surface area (Å²) < 4.78 is 0. The van der Waals surface area contributed by atoms with Crippen LogP contribution >= 0.6 is 11.6 Å². The van der Waals surface area contributed by atoms with Gasteiger partial charge in [-0.05, 0) is 41.8 Å². The zero-order valence-electron chi connectivity index (χ0n) is 8.81. The third kappa shape index (κ3) is 2.67. The van der Waals surface area contributed by atoms with E-state index in [0.717, 1.165) is 5.56 Å². The van der Waals surface area contributed by atoms with E-state index >= 15 is 0 Å². The van der Waals surface area contributed by atoms with Crippen molar-refractivity contribution in [1.82, 2.24) is 15.0 Å². The van der Waals surface area contributed by atoms with Gasteiger partial charge in [0.1, 0.15) is 5.82 Å². The zero-order valence-corrected chi connectivity index (χ0v) is 9.57. The zero-order chi connectivity index (χ0) is 11.4. The number of hydrogen-bond acceptors (Lipinski definition) is 4. The smallest absolute Gasteiger partial charge is 0.224 e. The van der Waals surface area contributed by atoms with E-state index in [1.165, 1.54) is 5.56 Å². The Morgan fingerprint density at radius 1 is 1.31 bits per heavy atom. The van der Waals surface area contributed by atoms with Crippen molar-refractivity contribution in [1.29, 1.82) is 0 Å². The Morgan fingerprint density at radius 2 is 2.19 bits per heavy atom. The van der Waals surface area contributed by atoms with Gasteiger partial charge in [0.05, 0.1) is 0 Å². The number of nitrogens with one attached hydrogen (secondary N) is 1. The van der Waals surface area contributed by atoms with E-state index in [1.54, 1.807) is 18.5 Å². The Morgan fingerprint density at radius 3 is 2.94 bits per heavy atom. The molecule has 2 aromatic heterocycles. The summed E-state index contributed by atoms with van der Waals surface area (Å²) in [6.45, 7) is 2.72. The first-order valence-electron chi connectivity index (χ1n) is 4.87. The predicted octanol–water partition coefficient (Wildman–Crippen LogP) is 2.45. The van der Waals surface area contributed by atoms with Gasteiger partial charge in [-0.3, -0.25) is 4.98 Å². The molecule has 0 bridgehead atoms. The first-order chi connectivity index (χ1) is 7.75. The van der Waals surface area contributed by atoms with Crippen LogP contribution < -0.4 is 5.32 Å². The molecule has 82 valence electrons. The lowest BCUT2D eigenvalue weighted by atomic mass is 10.1. The minimum atomic E-state index is 0.243. The van der Waals surface area contributed by atoms with Gasteiger partial charge in [0.15, 0.2) is 0 Å². The summed E-state index contributed by atoms with van der Waals surface area (Å²) in [6.07, 6.45) is 5.24. The summed E-state index contributed by atoms with van der Waals surface area (Å²) >= 11 is 5.68. The SMILES string of the molecule is Cc1ccncc1CNc1ccnc(Cl)n1. The van der Waals surface area contributed by atoms with Crippen LogP contribution in [0, 0.1) is 6.92 Å². The van der Waals surface area contributed by atoms with Crippen LogP contribution in [0.25, 0.3) is 0 Å². The Hall–Kier alpha value is -1.68. The summed E-state index contributed by atoms with van der Waals surface area (Å²) in [7, 11) is 0. The first-order valence-corrected chi connectivity index (χ1v) is 5.25. The number of aromatic nitrogens is 3. The van der Waals surface area contributed by atoms with Crippen LogP contribution in [0.5, 0.6) is 0 Å². The molecule has 2 heterocycles. The third-order valence-corrected chi connectivity index (χ3v) is 2.42. The van der Waals surface area contributed by atoms with E-state index < -0.39 is 0 Å². The molecule has 5 heteroatoms. The highest BCUT2D eigenvalue weighted by molar-refractivity contribution is 6.28. The van der Waals surface area contributed by atoms with Crippen molar-refractivity contribution < 1.29 is 0 Å². The van der Waals surface area contributed by atoms with E-state index in [0.29, 0.717) is 12.4 Å². The van der Waals surface area contributed by atoms with Crippen LogP contribution in [-0.2, 0) is 6.54 Å². The average molecular weight is 235 g/mol. The molecule has 0 fully saturated rings. The number of halogens is 1. The van der Waals surface area contributed by atoms with Gasteiger partial charge in [-0.1, -0.05) is 0 Å². The molecule has 0 aliphatic heterocycles. The monoisotopic (exact) mass is 234 g/mol. The van der Waals surface area contributed by atoms with Gasteiger partial charge in [-0.25, -0.2) is 9.97 Å². The molecule has 2 aromatic rings. The number of pyridine rings is 1. The second-order valence-corrected chi connectivity index (χ2v) is 3.70. The number of anilines is 1. The lowest BCUT2D eigenvalue weighted by Gasteiger charge is -2.07. The summed E-state index contributed by atoms with van der Waals surface area (Å²) in [6, 6.07) is 3.75. The minimum absolute atomic E-state index is 0.243. The second-order valence-electron chi connectivity index (χ2n) is 3.37. The molecule has 0 aliphatic rings. The standard InChI is InChI=1S/C11H11ClN4/c1-8-2-4-13-6-9(8)7-15-10-3-5-14-11(12)16-10/h2-6H,7H2,1H3,(H,14,15,16). The van der Waals surface area contributed by atoms with Crippen molar-refractivity contribution in [2.24, 2.45) is 0 Å². The molecule has 1 N–H and O–H groups in total. The van der Waals surface area contributed by atoms with Crippen molar-refractivity contribution in [3.05, 3.63) is 47.1 Å². The maximum absolute atomic E-state index is 5.68. The summed E-state index contributed by atoms with van der Waals surface area (Å²) in [5.74, 6) is 0.711. The molecule has 0 unspecified atom stereocenters. The Labute approximate surface area is 98.7 Å². The fourth-order valence-electron chi connectivity index (χ4n) is 1.30. The Balaban J connectivity index is 2.05. The van der Waals surface area contributed by atoms with Crippen molar-refractivity contribution in [3.63, 3.8) is 0 Å². The van der Waals surface area contributed by atoms with Crippen LogP contribution in [-0.4, -0.2) is 15.0 Å². The summed E-state index contributed by atoms with van der Waals surface area (Å²) in [5.41, 5.74) is 2.33. The molecule has 0 saturated heterocycles. The van der Waals surface area contributed by atoms with Crippen molar-refractivity contribution in [3.8, 4) is 0 Å². The summed E-state index contributed by atoms with van der Waals surface area (Å²) in [5, 5.41) is 3.41. The predicted molar refractivity (Wildman–Crippen MR) is 63.3 cm³/mol. The molecule has 2 rings (SSSR count). The largest absolute Gasteiger partial charge is 0.366 e. The summed E-state index contributed by atoms with van der Waals surface area (Å²) in [4.78, 5) is 11.9. The topological polar surface area (TPSA) is 50.7 Å². The lowest BCUT2D eigenvalue weighted by molar-refractivity contribution is 1.05. The average Bonchev–Trinajstić information content (AvgIpc) is 2.28. The molecule has 0 aliphatic carbocycles. The Bertz CT molecular complexity index is 487. The van der Waals surface area contributed by atoms with Gasteiger partial charge < -0.3 is 5.32 Å². The van der Waals surface area contributed by atoms with Gasteiger partial charge in [-0.2, -0.15) is 0 Å². The maximum atomic E-state index is 5.68. The lowest BCUT2D eigenvalue weighted by Crippen LogP contribution is -2.03. The third-order valence-electron chi connectivity index (χ3n) is 2.23. The van der Waals surface area contributed by atoms with Gasteiger partial charge in [-0.15, -0.1) is 0 Å². The Kier molecular flexibility index (Phi) is 3.31. The number of hydrogen-bond donors (Lipinski definition) is 1. The molecular weight excluding hydrogens is 224 g/mol. The quantitative estimate of drug-likeness (QED) is 0.829. The first kappa shape index (κ1) is 10.8. The van der Waals surface area contributed by atoms with Gasteiger partial charge in [0.25, 0.3) is 0 Å². The van der Waals surface area contributed by atoms with Crippen LogP contribution in [0.15, 0.2) is 30.7 Å². The molecular formula is C11H11ClN4. The molecule has 0 spiro atoms. The van der Waals surface area contributed by atoms with Gasteiger partial charge in [0, 0.05) is 25.1 Å². The van der Waals surface area contributed by atoms with Crippen LogP contribution in [0.1, 0.15) is 11.1 Å². The molecule has 0 radical (unpaired) electrons. The van der Waals surface area contributed by atoms with Crippen molar-refractivity contribution in [2.75, 3.05) is 5.32 Å². The van der Waals surface area contributed by atoms with E-state index in [1.807, 2.05) is 19.2 Å². The molecule has 0 saturated carbocycles. The van der Waals surface area contributed by atoms with E-state index in [-0.39, 0.29) is 5.28 Å². The highest BCUT2D eigenvalue weighted by atomic mass is 35.5. The highest BCUT2D eigenvalue weighted by Crippen LogP contribution is 2.10. The molecule has 0 atom stereocenters. The van der Waals surface area contributed by atoms with Crippen molar-refractivity contribution in [2.45, 2.75) is 13.5 Å². The fraction of sp³-hybridized carbons (Fsp3) is 0.182. The normalized spacial score (nSPS) is 10.1. The molecule has 4 nitrogen and oxygen atoms in total. The van der Waals surface area contributed by atoms with E-state index in [4.69, 9.17) is 11.6 Å². The number of rotatable bonds is 3. The second kappa shape index (κ2) is 4.90. The van der Waals surface area contributed by atoms with E-state index in [9.17, 15) is 0 Å². The molecule has 16 heavy (non-hydrogen) atoms. The van der Waals surface area contributed by atoms with E-state index in [2.05, 4.69) is 20.3 Å². The van der Waals surface area contributed by atoms with Crippen molar-refractivity contribution >= 4 is 17.4 Å². The highest BCUT2D eigenvalue weighted by Gasteiger charge is 1.99. The fourth-order valence-corrected chi connectivity index (χ4v) is 1.45. The van der Waals surface area contributed by atoms with Crippen LogP contribution in [0.3, 0.4) is 0 Å².